The predicted molar refractivity (Wildman–Crippen MR) is 392 cm³/mol. The van der Waals surface area contributed by atoms with Crippen LogP contribution < -0.4 is 52.3 Å². The van der Waals surface area contributed by atoms with Crippen molar-refractivity contribution in [3.8, 4) is 0 Å². The second-order valence-electron chi connectivity index (χ2n) is 31.4. The molecular weight excluding hydrogens is 1330 g/mol. The van der Waals surface area contributed by atoms with Crippen LogP contribution in [0.3, 0.4) is 0 Å². The summed E-state index contributed by atoms with van der Waals surface area (Å²) >= 11 is 0. The van der Waals surface area contributed by atoms with Gasteiger partial charge in [0.05, 0.1) is 49.2 Å². The molecule has 564 valence electrons. The third-order valence-corrected chi connectivity index (χ3v) is 23.3. The molecular formula is C78H109F2N15O9. The Bertz CT molecular complexity index is 3640. The number of hydrogen-bond acceptors (Lipinski definition) is 17. The van der Waals surface area contributed by atoms with Gasteiger partial charge in [0.25, 0.3) is 0 Å². The number of amides is 7. The molecule has 12 rings (SSSR count). The van der Waals surface area contributed by atoms with E-state index in [-0.39, 0.29) is 109 Å². The molecule has 4 aromatic rings. The van der Waals surface area contributed by atoms with Crippen LogP contribution in [0.15, 0.2) is 73.1 Å². The van der Waals surface area contributed by atoms with Gasteiger partial charge in [0.2, 0.25) is 41.4 Å². The Labute approximate surface area is 610 Å². The Hall–Kier alpha value is -7.91. The second-order valence-corrected chi connectivity index (χ2v) is 31.4. The summed E-state index contributed by atoms with van der Waals surface area (Å²) < 4.78 is 43.5. The molecule has 2 saturated carbocycles. The van der Waals surface area contributed by atoms with Crippen LogP contribution in [-0.4, -0.2) is 201 Å². The predicted octanol–water partition coefficient (Wildman–Crippen LogP) is 6.17. The third kappa shape index (κ3) is 20.0. The molecule has 8 aliphatic rings. The van der Waals surface area contributed by atoms with Gasteiger partial charge in [-0.1, -0.05) is 81.6 Å². The SMILES string of the molecule is CN[C@@H](C)C(=O)N[C@H](C(=O)N1C[C@@H](NC(=O)CCC(=O)NCCOCCN2C[C@H]3CC(OCC(=O)NCc4cccc(CNc5cc(N6CCC7(CC6)CN(c6cc(F)c(CN8CCC(C)(C)CC8)cc6F)CC(=O)N7)ncn5)c4)C[C@H]3C2)C[C@H]1C(=O)NC1CCCc2ccccc21)C1CCCCC1. The molecule has 8 N–H and O–H groups in total. The number of rotatable bonds is 29. The number of carbonyl (C=O) groups excluding carboxylic acids is 7. The van der Waals surface area contributed by atoms with Crippen LogP contribution >= 0.6 is 0 Å². The number of aryl methyl sites for hydroxylation is 1. The molecule has 0 radical (unpaired) electrons. The van der Waals surface area contributed by atoms with Gasteiger partial charge in [-0.25, -0.2) is 18.7 Å². The highest BCUT2D eigenvalue weighted by molar-refractivity contribution is 5.94. The van der Waals surface area contributed by atoms with Gasteiger partial charge in [0, 0.05) is 109 Å². The Balaban J connectivity index is 0.509. The van der Waals surface area contributed by atoms with Crippen molar-refractivity contribution in [2.75, 3.05) is 114 Å². The van der Waals surface area contributed by atoms with Gasteiger partial charge >= 0.3 is 0 Å². The number of nitrogens with zero attached hydrogens (tertiary/aromatic N) is 7. The summed E-state index contributed by atoms with van der Waals surface area (Å²) in [4.78, 5) is 114. The van der Waals surface area contributed by atoms with Crippen LogP contribution in [0.1, 0.15) is 157 Å². The van der Waals surface area contributed by atoms with Crippen LogP contribution in [0.5, 0.6) is 0 Å². The zero-order valence-corrected chi connectivity index (χ0v) is 61.2. The number of halogens is 2. The van der Waals surface area contributed by atoms with Gasteiger partial charge in [-0.15, -0.1) is 0 Å². The monoisotopic (exact) mass is 1440 g/mol. The van der Waals surface area contributed by atoms with Crippen molar-refractivity contribution >= 4 is 58.7 Å². The molecule has 8 atom stereocenters. The Morgan fingerprint density at radius 3 is 2.26 bits per heavy atom. The lowest BCUT2D eigenvalue weighted by Gasteiger charge is -2.48. The number of piperidine rings is 2. The van der Waals surface area contributed by atoms with Crippen molar-refractivity contribution in [2.45, 2.75) is 191 Å². The summed E-state index contributed by atoms with van der Waals surface area (Å²) in [5.74, 6) is -0.583. The van der Waals surface area contributed by atoms with E-state index in [1.54, 1.807) is 23.8 Å². The number of aromatic nitrogens is 2. The van der Waals surface area contributed by atoms with E-state index in [0.717, 1.165) is 132 Å². The lowest BCUT2D eigenvalue weighted by molar-refractivity contribution is -0.143. The first-order valence-corrected chi connectivity index (χ1v) is 38.3. The van der Waals surface area contributed by atoms with E-state index in [9.17, 15) is 33.6 Å². The van der Waals surface area contributed by atoms with Crippen molar-refractivity contribution in [3.05, 3.63) is 113 Å². The first-order chi connectivity index (χ1) is 50.2. The van der Waals surface area contributed by atoms with Crippen molar-refractivity contribution < 1.29 is 51.8 Å². The number of fused-ring (bicyclic) bond motifs is 2. The average Bonchev–Trinajstić information content (AvgIpc) is 0.938. The summed E-state index contributed by atoms with van der Waals surface area (Å²) in [6.45, 7) is 14.5. The number of likely N-dealkylation sites (N-methyl/N-ethyl adjacent to an activating group) is 1. The molecule has 3 aromatic carbocycles. The highest BCUT2D eigenvalue weighted by Gasteiger charge is 2.47. The fourth-order valence-electron chi connectivity index (χ4n) is 17.1. The number of hydrogen-bond donors (Lipinski definition) is 8. The number of likely N-dealkylation sites (tertiary alicyclic amines) is 3. The van der Waals surface area contributed by atoms with Crippen LogP contribution in [0.25, 0.3) is 0 Å². The van der Waals surface area contributed by atoms with Crippen LogP contribution in [-0.2, 0) is 69.1 Å². The minimum atomic E-state index is -0.863. The highest BCUT2D eigenvalue weighted by Crippen LogP contribution is 2.40. The highest BCUT2D eigenvalue weighted by atomic mass is 19.1. The van der Waals surface area contributed by atoms with Crippen LogP contribution in [0.2, 0.25) is 0 Å². The van der Waals surface area contributed by atoms with E-state index >= 15 is 8.78 Å². The first-order valence-electron chi connectivity index (χ1n) is 38.3. The van der Waals surface area contributed by atoms with Crippen LogP contribution in [0, 0.1) is 34.8 Å². The van der Waals surface area contributed by atoms with E-state index in [2.05, 4.69) is 87.1 Å². The van der Waals surface area contributed by atoms with Crippen molar-refractivity contribution in [2.24, 2.45) is 23.2 Å². The van der Waals surface area contributed by atoms with Crippen molar-refractivity contribution in [1.82, 2.24) is 61.9 Å². The van der Waals surface area contributed by atoms with Gasteiger partial charge in [0.15, 0.2) is 0 Å². The van der Waals surface area contributed by atoms with Crippen molar-refractivity contribution in [1.29, 1.82) is 0 Å². The van der Waals surface area contributed by atoms with E-state index in [1.807, 2.05) is 48.5 Å². The Morgan fingerprint density at radius 2 is 1.49 bits per heavy atom. The molecule has 24 nitrogen and oxygen atoms in total. The largest absolute Gasteiger partial charge is 0.378 e. The molecule has 104 heavy (non-hydrogen) atoms. The molecule has 5 aliphatic heterocycles. The fourth-order valence-corrected chi connectivity index (χ4v) is 17.1. The maximum absolute atomic E-state index is 15.8. The first kappa shape index (κ1) is 75.8. The summed E-state index contributed by atoms with van der Waals surface area (Å²) in [5, 5.41) is 24.8. The normalized spacial score (nSPS) is 23.9. The van der Waals surface area contributed by atoms with Gasteiger partial charge in [-0.3, -0.25) is 38.5 Å². The minimum absolute atomic E-state index is 0.00931. The van der Waals surface area contributed by atoms with Crippen LogP contribution in [0.4, 0.5) is 26.1 Å². The van der Waals surface area contributed by atoms with E-state index in [0.29, 0.717) is 95.1 Å². The maximum Gasteiger partial charge on any atom is 0.246 e. The quantitative estimate of drug-likeness (QED) is 0.0282. The van der Waals surface area contributed by atoms with Gasteiger partial charge in [-0.2, -0.15) is 0 Å². The van der Waals surface area contributed by atoms with E-state index in [1.165, 1.54) is 24.0 Å². The number of ether oxygens (including phenoxy) is 2. The molecule has 7 amide bonds. The standard InChI is InChI=1S/C78H109F2N15O9/c1-51(81-4)74(100)89-73(55-15-6-5-7-16-55)76(102)95-46-59(38-66(95)75(101)88-64-19-11-17-54-14-8-9-18-61(54)64)87-70(97)21-20-69(96)82-26-32-103-33-31-92-43-56-35-60(36-57(56)44-92)104-48-72(99)84-42-53-13-10-12-52(34-53)41-83-67-40-68(86-50-85-67)93-29-24-78(25-30-93)49-94(47-71(98)90-78)65-39-62(79)58(37-63(65)80)45-91-27-22-77(2,3)23-28-91/h8-10,12-14,18,34,37,39-40,50-51,55-57,59-60,64,66,73,81H,5-7,11,15-17,19-33,35-36,38,41-49H2,1-4H3,(H,82,96)(H,84,99)(H,87,97)(H,88,101)(H,89,100)(H,90,98)(H,83,85,86)/t51-,56-,57+,59-,60?,64?,66-,73-/m0/s1. The number of anilines is 3. The number of nitrogens with one attached hydrogen (secondary N) is 8. The van der Waals surface area contributed by atoms with Gasteiger partial charge in [0.1, 0.15) is 48.3 Å². The lowest BCUT2D eigenvalue weighted by Crippen LogP contribution is -2.66. The molecule has 6 heterocycles. The number of benzene rings is 3. The molecule has 2 unspecified atom stereocenters. The zero-order chi connectivity index (χ0) is 72.9. The van der Waals surface area contributed by atoms with E-state index in [4.69, 9.17) is 9.47 Å². The van der Waals surface area contributed by atoms with Crippen molar-refractivity contribution in [3.63, 3.8) is 0 Å². The third-order valence-electron chi connectivity index (χ3n) is 23.3. The molecule has 3 aliphatic carbocycles. The Kier molecular flexibility index (Phi) is 25.5. The average molecular weight is 1440 g/mol. The molecule has 1 aromatic heterocycles. The van der Waals surface area contributed by atoms with Gasteiger partial charge in [-0.05, 0) is 156 Å². The molecule has 5 saturated heterocycles. The molecule has 26 heteroatoms. The summed E-state index contributed by atoms with van der Waals surface area (Å²) in [5.41, 5.74) is 4.34. The summed E-state index contributed by atoms with van der Waals surface area (Å²) in [6.07, 6.45) is 13.8. The summed E-state index contributed by atoms with van der Waals surface area (Å²) in [6, 6.07) is 17.7. The van der Waals surface area contributed by atoms with E-state index < -0.39 is 41.3 Å². The smallest absolute Gasteiger partial charge is 0.246 e. The Morgan fingerprint density at radius 1 is 0.740 bits per heavy atom. The van der Waals surface area contributed by atoms with Gasteiger partial charge < -0.3 is 71.6 Å². The topological polar surface area (TPSA) is 276 Å². The zero-order valence-electron chi connectivity index (χ0n) is 61.2. The number of piperazine rings is 1. The molecule has 0 bridgehead atoms. The maximum atomic E-state index is 15.8. The molecule has 1 spiro atoms. The molecule has 7 fully saturated rings. The fraction of sp³-hybridized carbons (Fsp3) is 0.628. The second kappa shape index (κ2) is 35.0. The minimum Gasteiger partial charge on any atom is -0.378 e. The number of carbonyl (C=O) groups is 7. The lowest BCUT2D eigenvalue weighted by atomic mass is 9.82. The summed E-state index contributed by atoms with van der Waals surface area (Å²) in [7, 11) is 1.70.